The van der Waals surface area contributed by atoms with E-state index in [2.05, 4.69) is 86.8 Å². The van der Waals surface area contributed by atoms with Gasteiger partial charge in [0.05, 0.1) is 25.4 Å². The smallest absolute Gasteiger partial charge is 0.306 e. The molecule has 0 aliphatic carbocycles. The Kier molecular flexibility index (Phi) is 56.9. The highest BCUT2D eigenvalue weighted by molar-refractivity contribution is 5.80. The number of hydrogen-bond donors (Lipinski definition) is 6. The monoisotopic (exact) mass is 1180 g/mol. The number of esters is 1. The van der Waals surface area contributed by atoms with Crippen molar-refractivity contribution in [2.45, 2.75) is 365 Å². The Balaban J connectivity index is 2.55. The molecule has 1 saturated heterocycles. The van der Waals surface area contributed by atoms with E-state index in [1.165, 1.54) is 186 Å². The van der Waals surface area contributed by atoms with Gasteiger partial charge in [-0.2, -0.15) is 0 Å². The second kappa shape index (κ2) is 60.4. The van der Waals surface area contributed by atoms with Gasteiger partial charge in [0.25, 0.3) is 0 Å². The number of allylic oxidation sites excluding steroid dienone is 11. The minimum Gasteiger partial charge on any atom is -0.454 e. The largest absolute Gasteiger partial charge is 0.454 e. The summed E-state index contributed by atoms with van der Waals surface area (Å²) in [5, 5.41) is 57.1. The summed E-state index contributed by atoms with van der Waals surface area (Å²) in [5.74, 6) is -1.21. The van der Waals surface area contributed by atoms with E-state index in [0.29, 0.717) is 12.8 Å². The average Bonchev–Trinajstić information content (AvgIpc) is 3.54. The van der Waals surface area contributed by atoms with Gasteiger partial charge in [-0.05, 0) is 96.3 Å². The van der Waals surface area contributed by atoms with Gasteiger partial charge < -0.3 is 45.1 Å². The first-order chi connectivity index (χ1) is 41.2. The number of amides is 1. The Hall–Kier alpha value is -2.90. The van der Waals surface area contributed by atoms with Crippen LogP contribution in [0.1, 0.15) is 316 Å². The lowest BCUT2D eigenvalue weighted by atomic mass is 9.99. The Morgan fingerprint density at radius 3 is 1.25 bits per heavy atom. The van der Waals surface area contributed by atoms with Gasteiger partial charge in [0.2, 0.25) is 5.91 Å². The highest BCUT2D eigenvalue weighted by Gasteiger charge is 2.47. The van der Waals surface area contributed by atoms with Gasteiger partial charge in [0, 0.05) is 6.42 Å². The lowest BCUT2D eigenvalue weighted by Gasteiger charge is -2.41. The van der Waals surface area contributed by atoms with Crippen molar-refractivity contribution >= 4 is 11.9 Å². The van der Waals surface area contributed by atoms with E-state index in [0.717, 1.165) is 83.5 Å². The van der Waals surface area contributed by atoms with E-state index < -0.39 is 67.4 Å². The molecule has 0 aromatic rings. The summed E-state index contributed by atoms with van der Waals surface area (Å²) in [6.07, 6.45) is 68.1. The van der Waals surface area contributed by atoms with Gasteiger partial charge >= 0.3 is 5.97 Å². The van der Waals surface area contributed by atoms with Crippen molar-refractivity contribution in [1.82, 2.24) is 5.32 Å². The maximum absolute atomic E-state index is 13.4. The fourth-order valence-electron chi connectivity index (χ4n) is 10.7. The third kappa shape index (κ3) is 47.2. The average molecular weight is 1180 g/mol. The number of rotatable bonds is 60. The van der Waals surface area contributed by atoms with Crippen LogP contribution >= 0.6 is 0 Å². The molecule has 1 aliphatic heterocycles. The molecule has 0 saturated carbocycles. The van der Waals surface area contributed by atoms with E-state index in [1.807, 2.05) is 6.08 Å². The SMILES string of the molecule is CCCCC/C=C\C/C=C\C/C=C\CCCCCC(O)C(=O)NC(COC1OC(CO)C(O)C(O)C1OC(=O)CCCCCCCCCCCCCCCCCCC/C=C\C/C=C\CCCCC)C(O)/C=C/CCCCCCCCCCCC. The van der Waals surface area contributed by atoms with Gasteiger partial charge in [-0.3, -0.25) is 9.59 Å². The molecule has 6 N–H and O–H groups in total. The zero-order valence-electron chi connectivity index (χ0n) is 54.3. The molecule has 0 radical (unpaired) electrons. The maximum atomic E-state index is 13.4. The molecule has 0 spiro atoms. The van der Waals surface area contributed by atoms with E-state index in [9.17, 15) is 35.1 Å². The summed E-state index contributed by atoms with van der Waals surface area (Å²) in [7, 11) is 0. The Bertz CT molecular complexity index is 1640. The van der Waals surface area contributed by atoms with Crippen LogP contribution < -0.4 is 5.32 Å². The Morgan fingerprint density at radius 2 is 0.821 bits per heavy atom. The molecule has 8 unspecified atom stereocenters. The summed E-state index contributed by atoms with van der Waals surface area (Å²) in [6, 6.07) is -1.04. The molecule has 1 fully saturated rings. The van der Waals surface area contributed by atoms with Crippen molar-refractivity contribution < 1.29 is 49.3 Å². The minimum absolute atomic E-state index is 0.121. The van der Waals surface area contributed by atoms with Gasteiger partial charge in [-0.25, -0.2) is 0 Å². The first-order valence-electron chi connectivity index (χ1n) is 35.2. The van der Waals surface area contributed by atoms with Crippen LogP contribution in [0.4, 0.5) is 0 Å². The highest BCUT2D eigenvalue weighted by atomic mass is 16.7. The van der Waals surface area contributed by atoms with Gasteiger partial charge in [-0.15, -0.1) is 0 Å². The van der Waals surface area contributed by atoms with Gasteiger partial charge in [-0.1, -0.05) is 286 Å². The van der Waals surface area contributed by atoms with Crippen LogP contribution in [0.5, 0.6) is 0 Å². The first kappa shape index (κ1) is 79.1. The van der Waals surface area contributed by atoms with Gasteiger partial charge in [0.1, 0.15) is 24.4 Å². The third-order valence-corrected chi connectivity index (χ3v) is 16.3. The highest BCUT2D eigenvalue weighted by Crippen LogP contribution is 2.26. The normalized spacial score (nSPS) is 18.9. The second-order valence-electron chi connectivity index (χ2n) is 24.3. The summed E-state index contributed by atoms with van der Waals surface area (Å²) >= 11 is 0. The predicted octanol–water partition coefficient (Wildman–Crippen LogP) is 17.9. The molecular weight excluding hydrogens is 1050 g/mol. The van der Waals surface area contributed by atoms with E-state index in [4.69, 9.17) is 14.2 Å². The zero-order valence-corrected chi connectivity index (χ0v) is 54.3. The fraction of sp³-hybridized carbons (Fsp3) is 0.808. The fourth-order valence-corrected chi connectivity index (χ4v) is 10.7. The molecule has 84 heavy (non-hydrogen) atoms. The van der Waals surface area contributed by atoms with Crippen LogP contribution in [0.3, 0.4) is 0 Å². The second-order valence-corrected chi connectivity index (χ2v) is 24.3. The molecule has 488 valence electrons. The van der Waals surface area contributed by atoms with Crippen LogP contribution in [0.2, 0.25) is 0 Å². The lowest BCUT2D eigenvalue weighted by Crippen LogP contribution is -2.61. The number of ether oxygens (including phenoxy) is 3. The number of carbonyl (C=O) groups is 2. The molecule has 1 amide bonds. The van der Waals surface area contributed by atoms with Crippen LogP contribution in [0, 0.1) is 0 Å². The molecular formula is C73H131NO10. The van der Waals surface area contributed by atoms with Crippen molar-refractivity contribution in [3.63, 3.8) is 0 Å². The quantitative estimate of drug-likeness (QED) is 0.0195. The lowest BCUT2D eigenvalue weighted by molar-refractivity contribution is -0.305. The van der Waals surface area contributed by atoms with Crippen LogP contribution in [-0.2, 0) is 23.8 Å². The molecule has 1 rings (SSSR count). The van der Waals surface area contributed by atoms with Crippen molar-refractivity contribution in [2.75, 3.05) is 13.2 Å². The number of aliphatic hydroxyl groups is 5. The van der Waals surface area contributed by atoms with Crippen LogP contribution in [0.15, 0.2) is 72.9 Å². The van der Waals surface area contributed by atoms with Crippen molar-refractivity contribution in [2.24, 2.45) is 0 Å². The molecule has 11 nitrogen and oxygen atoms in total. The molecule has 0 aromatic carbocycles. The molecule has 1 heterocycles. The van der Waals surface area contributed by atoms with Crippen LogP contribution in [-0.4, -0.2) is 99.6 Å². The first-order valence-corrected chi connectivity index (χ1v) is 35.2. The maximum Gasteiger partial charge on any atom is 0.306 e. The molecule has 1 aliphatic rings. The topological polar surface area (TPSA) is 175 Å². The molecule has 0 bridgehead atoms. The number of nitrogens with one attached hydrogen (secondary N) is 1. The summed E-state index contributed by atoms with van der Waals surface area (Å²) < 4.78 is 17.7. The molecule has 11 heteroatoms. The number of unbranched alkanes of at least 4 members (excludes halogenated alkanes) is 36. The van der Waals surface area contributed by atoms with Gasteiger partial charge in [0.15, 0.2) is 12.4 Å². The zero-order chi connectivity index (χ0) is 61.0. The Morgan fingerprint density at radius 1 is 0.464 bits per heavy atom. The van der Waals surface area contributed by atoms with Crippen molar-refractivity contribution in [3.05, 3.63) is 72.9 Å². The molecule has 0 aromatic heterocycles. The van der Waals surface area contributed by atoms with Crippen LogP contribution in [0.25, 0.3) is 0 Å². The summed E-state index contributed by atoms with van der Waals surface area (Å²) in [4.78, 5) is 26.6. The summed E-state index contributed by atoms with van der Waals surface area (Å²) in [5.41, 5.74) is 0. The standard InChI is InChI=1S/C73H131NO10/c1-4-7-10-13-16-19-22-25-27-29-30-31-32-33-34-35-36-37-38-39-41-43-46-49-52-55-58-61-68(78)84-71-70(80)69(79)67(62-75)83-73(71)82-63-64(65(76)59-56-53-50-47-44-24-21-18-15-12-9-6-3)74-72(81)66(77)60-57-54-51-48-45-42-40-28-26-23-20-17-14-11-8-5-2/h16-17,19-20,25-28,42,45,56,59,64-67,69-71,73,75-77,79-80H,4-15,18,21-24,29-41,43-44,46-55,57-58,60-63H2,1-3H3,(H,74,81)/b19-16-,20-17-,27-25-,28-26-,45-42-,59-56+. The summed E-state index contributed by atoms with van der Waals surface area (Å²) in [6.45, 7) is 5.75. The van der Waals surface area contributed by atoms with E-state index in [-0.39, 0.29) is 19.4 Å². The Labute approximate surface area is 515 Å². The number of carbonyl (C=O) groups excluding carboxylic acids is 2. The van der Waals surface area contributed by atoms with E-state index in [1.54, 1.807) is 6.08 Å². The minimum atomic E-state index is -1.62. The number of aliphatic hydroxyl groups excluding tert-OH is 5. The van der Waals surface area contributed by atoms with Crippen molar-refractivity contribution in [1.29, 1.82) is 0 Å². The number of hydrogen-bond acceptors (Lipinski definition) is 10. The van der Waals surface area contributed by atoms with E-state index >= 15 is 0 Å². The molecule has 8 atom stereocenters. The van der Waals surface area contributed by atoms with Crippen molar-refractivity contribution in [3.8, 4) is 0 Å². The third-order valence-electron chi connectivity index (χ3n) is 16.3. The predicted molar refractivity (Wildman–Crippen MR) is 352 cm³/mol.